The molecule has 0 radical (unpaired) electrons. The Hall–Kier alpha value is -2.68. The highest BCUT2D eigenvalue weighted by Gasteiger charge is 2.22. The van der Waals surface area contributed by atoms with Crippen LogP contribution in [0, 0.1) is 0 Å². The fraction of sp³-hybridized carbons (Fsp3) is 0.120. The number of rotatable bonds is 5. The van der Waals surface area contributed by atoms with E-state index in [1.807, 2.05) is 66.7 Å². The highest BCUT2D eigenvalue weighted by Crippen LogP contribution is 2.44. The Bertz CT molecular complexity index is 1050. The molecule has 4 rings (SSSR count). The topological polar surface area (TPSA) is 18.5 Å². The third-order valence-electron chi connectivity index (χ3n) is 4.91. The van der Waals surface area contributed by atoms with Gasteiger partial charge in [0.25, 0.3) is 0 Å². The van der Waals surface area contributed by atoms with Crippen molar-refractivity contribution in [3.63, 3.8) is 0 Å². The van der Waals surface area contributed by atoms with E-state index >= 15 is 0 Å². The van der Waals surface area contributed by atoms with E-state index in [1.54, 1.807) is 7.11 Å². The zero-order valence-corrected chi connectivity index (χ0v) is 17.5. The van der Waals surface area contributed by atoms with Crippen LogP contribution in [0.4, 0.5) is 0 Å². The number of halogens is 2. The van der Waals surface area contributed by atoms with E-state index < -0.39 is 0 Å². The highest BCUT2D eigenvalue weighted by molar-refractivity contribution is 6.45. The molecule has 0 atom stereocenters. The summed E-state index contributed by atoms with van der Waals surface area (Å²) in [7, 11) is 1.66. The van der Waals surface area contributed by atoms with Crippen molar-refractivity contribution in [2.75, 3.05) is 7.11 Å². The van der Waals surface area contributed by atoms with Crippen LogP contribution in [0.15, 0.2) is 88.9 Å². The molecule has 3 aromatic rings. The van der Waals surface area contributed by atoms with Gasteiger partial charge in [0.2, 0.25) is 0 Å². The van der Waals surface area contributed by atoms with Crippen molar-refractivity contribution >= 4 is 34.3 Å². The van der Waals surface area contributed by atoms with Crippen molar-refractivity contribution in [3.8, 4) is 17.2 Å². The molecule has 2 nitrogen and oxygen atoms in total. The Labute approximate surface area is 181 Å². The first-order valence-corrected chi connectivity index (χ1v) is 10.2. The molecule has 0 fully saturated rings. The van der Waals surface area contributed by atoms with Gasteiger partial charge in [-0.15, -0.1) is 0 Å². The van der Waals surface area contributed by atoms with Crippen molar-refractivity contribution in [1.82, 2.24) is 0 Å². The summed E-state index contributed by atoms with van der Waals surface area (Å²) in [5, 5.41) is 1.31. The van der Waals surface area contributed by atoms with Crippen molar-refractivity contribution in [2.45, 2.75) is 12.8 Å². The van der Waals surface area contributed by atoms with Gasteiger partial charge in [0.15, 0.2) is 0 Å². The van der Waals surface area contributed by atoms with Crippen molar-refractivity contribution in [3.05, 3.63) is 100 Å². The zero-order valence-electron chi connectivity index (χ0n) is 16.0. The van der Waals surface area contributed by atoms with Gasteiger partial charge in [-0.2, -0.15) is 0 Å². The fourth-order valence-electron chi connectivity index (χ4n) is 3.43. The molecular weight excluding hydrogens is 403 g/mol. The number of ether oxygens (including phenoxy) is 2. The second-order valence-corrected chi connectivity index (χ2v) is 7.57. The summed E-state index contributed by atoms with van der Waals surface area (Å²) in [6, 6.07) is 25.7. The van der Waals surface area contributed by atoms with Gasteiger partial charge in [0, 0.05) is 10.6 Å². The van der Waals surface area contributed by atoms with Gasteiger partial charge in [-0.3, -0.25) is 0 Å². The maximum atomic E-state index is 6.66. The monoisotopic (exact) mass is 422 g/mol. The molecule has 0 N–H and O–H groups in total. The van der Waals surface area contributed by atoms with Crippen molar-refractivity contribution in [2.24, 2.45) is 0 Å². The number of benzene rings is 3. The summed E-state index contributed by atoms with van der Waals surface area (Å²) < 4.78 is 11.2. The normalized spacial score (nSPS) is 14.2. The lowest BCUT2D eigenvalue weighted by Gasteiger charge is -2.22. The second-order valence-electron chi connectivity index (χ2n) is 6.74. The Morgan fingerprint density at radius 1 is 0.655 bits per heavy atom. The van der Waals surface area contributed by atoms with Crippen LogP contribution in [0.2, 0.25) is 0 Å². The van der Waals surface area contributed by atoms with Gasteiger partial charge in [-0.25, -0.2) is 0 Å². The van der Waals surface area contributed by atoms with Crippen LogP contribution in [0.25, 0.3) is 11.1 Å². The molecule has 0 heterocycles. The van der Waals surface area contributed by atoms with Crippen LogP contribution in [0.5, 0.6) is 17.2 Å². The molecule has 1 aliphatic carbocycles. The predicted molar refractivity (Wildman–Crippen MR) is 121 cm³/mol. The van der Waals surface area contributed by atoms with Crippen LogP contribution in [-0.2, 0) is 0 Å². The quantitative estimate of drug-likeness (QED) is 0.416. The van der Waals surface area contributed by atoms with Gasteiger partial charge >= 0.3 is 0 Å². The van der Waals surface area contributed by atoms with Crippen LogP contribution in [-0.4, -0.2) is 7.11 Å². The number of hydrogen-bond donors (Lipinski definition) is 0. The third kappa shape index (κ3) is 4.34. The number of methoxy groups -OCH3 is 1. The first kappa shape index (κ1) is 19.6. The average molecular weight is 423 g/mol. The summed E-state index contributed by atoms with van der Waals surface area (Å²) >= 11 is 13.1. The van der Waals surface area contributed by atoms with Gasteiger partial charge in [-0.05, 0) is 65.9 Å². The van der Waals surface area contributed by atoms with Crippen LogP contribution < -0.4 is 9.47 Å². The third-order valence-corrected chi connectivity index (χ3v) is 5.81. The Balaban J connectivity index is 1.70. The molecule has 146 valence electrons. The standard InChI is InChI=1S/C25H20Cl2O2/c1-28-19-11-9-18(10-12-19)24-22(15-16-23(26)25(24)27)17-7-13-21(14-8-17)29-20-5-3-2-4-6-20/h2-14H,15-16H2,1H3. The molecule has 29 heavy (non-hydrogen) atoms. The van der Waals surface area contributed by atoms with E-state index in [0.717, 1.165) is 46.8 Å². The van der Waals surface area contributed by atoms with Gasteiger partial charge in [-0.1, -0.05) is 65.7 Å². The number of para-hydroxylation sites is 1. The van der Waals surface area contributed by atoms with Crippen molar-refractivity contribution in [1.29, 1.82) is 0 Å². The molecule has 0 saturated carbocycles. The highest BCUT2D eigenvalue weighted by atomic mass is 35.5. The summed E-state index contributed by atoms with van der Waals surface area (Å²) in [6.45, 7) is 0. The molecule has 1 aliphatic rings. The summed E-state index contributed by atoms with van der Waals surface area (Å²) in [5.74, 6) is 2.41. The Morgan fingerprint density at radius 2 is 1.24 bits per heavy atom. The lowest BCUT2D eigenvalue weighted by atomic mass is 9.87. The van der Waals surface area contributed by atoms with E-state index in [2.05, 4.69) is 12.1 Å². The SMILES string of the molecule is COc1ccc(C2=C(c3ccc(Oc4ccccc4)cc3)CCC(Cl)=C2Cl)cc1. The minimum absolute atomic E-state index is 0.614. The summed E-state index contributed by atoms with van der Waals surface area (Å²) in [6.07, 6.45) is 1.56. The fourth-order valence-corrected chi connectivity index (χ4v) is 3.94. The molecule has 3 aromatic carbocycles. The van der Waals surface area contributed by atoms with Gasteiger partial charge in [0.05, 0.1) is 12.1 Å². The maximum absolute atomic E-state index is 6.66. The molecule has 4 heteroatoms. The largest absolute Gasteiger partial charge is 0.497 e. The Kier molecular flexibility index (Phi) is 5.94. The smallest absolute Gasteiger partial charge is 0.127 e. The summed E-state index contributed by atoms with van der Waals surface area (Å²) in [5.41, 5.74) is 4.28. The predicted octanol–water partition coefficient (Wildman–Crippen LogP) is 7.88. The van der Waals surface area contributed by atoms with E-state index in [0.29, 0.717) is 10.1 Å². The molecule has 0 amide bonds. The van der Waals surface area contributed by atoms with Crippen LogP contribution in [0.1, 0.15) is 24.0 Å². The first-order chi connectivity index (χ1) is 14.2. The lowest BCUT2D eigenvalue weighted by molar-refractivity contribution is 0.415. The van der Waals surface area contributed by atoms with Crippen molar-refractivity contribution < 1.29 is 9.47 Å². The number of hydrogen-bond acceptors (Lipinski definition) is 2. The molecule has 0 spiro atoms. The lowest BCUT2D eigenvalue weighted by Crippen LogP contribution is -2.01. The summed E-state index contributed by atoms with van der Waals surface area (Å²) in [4.78, 5) is 0. The van der Waals surface area contributed by atoms with Gasteiger partial charge < -0.3 is 9.47 Å². The molecular formula is C25H20Cl2O2. The van der Waals surface area contributed by atoms with E-state index in [-0.39, 0.29) is 0 Å². The van der Waals surface area contributed by atoms with Crippen LogP contribution >= 0.6 is 23.2 Å². The first-order valence-electron chi connectivity index (χ1n) is 9.41. The molecule has 0 aromatic heterocycles. The molecule has 0 aliphatic heterocycles. The Morgan fingerprint density at radius 3 is 1.90 bits per heavy atom. The minimum atomic E-state index is 0.614. The van der Waals surface area contributed by atoms with Crippen LogP contribution in [0.3, 0.4) is 0 Å². The maximum Gasteiger partial charge on any atom is 0.127 e. The van der Waals surface area contributed by atoms with E-state index in [9.17, 15) is 0 Å². The van der Waals surface area contributed by atoms with E-state index in [4.69, 9.17) is 32.7 Å². The zero-order chi connectivity index (χ0) is 20.2. The molecule has 0 bridgehead atoms. The molecule has 0 saturated heterocycles. The molecule has 0 unspecified atom stereocenters. The second kappa shape index (κ2) is 8.77. The van der Waals surface area contributed by atoms with E-state index in [1.165, 1.54) is 5.57 Å². The minimum Gasteiger partial charge on any atom is -0.497 e. The number of allylic oxidation sites excluding steroid dienone is 4. The average Bonchev–Trinajstić information content (AvgIpc) is 2.77. The van der Waals surface area contributed by atoms with Gasteiger partial charge in [0.1, 0.15) is 17.2 Å².